The molecule has 0 fully saturated rings. The zero-order valence-electron chi connectivity index (χ0n) is 14.5. The van der Waals surface area contributed by atoms with Crippen molar-refractivity contribution in [3.05, 3.63) is 35.6 Å². The lowest BCUT2D eigenvalue weighted by molar-refractivity contribution is -0.142. The van der Waals surface area contributed by atoms with Crippen LogP contribution in [0.15, 0.2) is 24.3 Å². The molecule has 0 aliphatic carbocycles. The van der Waals surface area contributed by atoms with Gasteiger partial charge in [-0.3, -0.25) is 9.59 Å². The van der Waals surface area contributed by atoms with Gasteiger partial charge in [0, 0.05) is 19.8 Å². The minimum absolute atomic E-state index is 0.0317. The normalized spacial score (nSPS) is 12.5. The van der Waals surface area contributed by atoms with E-state index in [1.165, 1.54) is 25.1 Å². The Morgan fingerprint density at radius 3 is 2.54 bits per heavy atom. The number of rotatable bonds is 10. The van der Waals surface area contributed by atoms with E-state index in [4.69, 9.17) is 5.26 Å². The molecule has 3 N–H and O–H groups in total. The number of amides is 2. The van der Waals surface area contributed by atoms with E-state index < -0.39 is 35.7 Å². The van der Waals surface area contributed by atoms with Crippen LogP contribution in [0.3, 0.4) is 0 Å². The van der Waals surface area contributed by atoms with Crippen molar-refractivity contribution >= 4 is 17.8 Å². The van der Waals surface area contributed by atoms with Gasteiger partial charge in [0.15, 0.2) is 0 Å². The highest BCUT2D eigenvalue weighted by Crippen LogP contribution is 2.09. The molecule has 0 spiro atoms. The quantitative estimate of drug-likeness (QED) is 0.545. The van der Waals surface area contributed by atoms with Crippen LogP contribution in [0.1, 0.15) is 38.2 Å². The first-order valence-electron chi connectivity index (χ1n) is 8.25. The van der Waals surface area contributed by atoms with Crippen molar-refractivity contribution in [2.45, 2.75) is 51.1 Å². The fourth-order valence-electron chi connectivity index (χ4n) is 2.44. The summed E-state index contributed by atoms with van der Waals surface area (Å²) in [6.07, 6.45) is 1.53. The Morgan fingerprint density at radius 2 is 1.96 bits per heavy atom. The number of nitrogens with one attached hydrogen (secondary N) is 2. The van der Waals surface area contributed by atoms with Gasteiger partial charge < -0.3 is 15.7 Å². The van der Waals surface area contributed by atoms with Crippen LogP contribution in [-0.4, -0.2) is 35.0 Å². The lowest BCUT2D eigenvalue weighted by Gasteiger charge is -2.21. The number of hydrogen-bond donors (Lipinski definition) is 3. The number of carboxylic acids is 1. The molecule has 0 heterocycles. The molecule has 0 aliphatic heterocycles. The second kappa shape index (κ2) is 10.8. The summed E-state index contributed by atoms with van der Waals surface area (Å²) in [6.45, 7) is 1.24. The monoisotopic (exact) mass is 363 g/mol. The van der Waals surface area contributed by atoms with E-state index in [9.17, 15) is 23.9 Å². The number of halogens is 1. The van der Waals surface area contributed by atoms with Crippen LogP contribution in [0.5, 0.6) is 0 Å². The Bertz CT molecular complexity index is 687. The Kier molecular flexibility index (Phi) is 8.78. The third-order valence-corrected chi connectivity index (χ3v) is 3.67. The first-order chi connectivity index (χ1) is 12.3. The summed E-state index contributed by atoms with van der Waals surface area (Å²) < 4.78 is 13.3. The number of carbonyl (C=O) groups excluding carboxylic acids is 2. The van der Waals surface area contributed by atoms with Gasteiger partial charge in [0.1, 0.15) is 17.9 Å². The van der Waals surface area contributed by atoms with Gasteiger partial charge in [0.2, 0.25) is 11.8 Å². The van der Waals surface area contributed by atoms with Crippen molar-refractivity contribution in [1.29, 1.82) is 5.26 Å². The molecule has 0 saturated heterocycles. The van der Waals surface area contributed by atoms with Gasteiger partial charge in [0.05, 0.1) is 6.07 Å². The number of nitrogens with zero attached hydrogens (tertiary/aromatic N) is 1. The van der Waals surface area contributed by atoms with Gasteiger partial charge >= 0.3 is 5.97 Å². The molecular formula is C18H22FN3O4. The summed E-state index contributed by atoms with van der Waals surface area (Å²) in [5, 5.41) is 22.6. The lowest BCUT2D eigenvalue weighted by Crippen LogP contribution is -2.52. The molecule has 140 valence electrons. The van der Waals surface area contributed by atoms with Crippen LogP contribution in [0.25, 0.3) is 0 Å². The molecule has 26 heavy (non-hydrogen) atoms. The SMILES string of the molecule is CC(=O)N[C@H](Cc1cccc(F)c1)C(=O)N[C@@H](CCCCC#N)C(=O)O. The van der Waals surface area contributed by atoms with E-state index in [0.29, 0.717) is 24.8 Å². The molecule has 2 amide bonds. The molecule has 0 aliphatic rings. The highest BCUT2D eigenvalue weighted by atomic mass is 19.1. The van der Waals surface area contributed by atoms with E-state index in [2.05, 4.69) is 10.6 Å². The highest BCUT2D eigenvalue weighted by molar-refractivity contribution is 5.90. The number of aliphatic carboxylic acids is 1. The predicted molar refractivity (Wildman–Crippen MR) is 91.4 cm³/mol. The number of nitriles is 1. The van der Waals surface area contributed by atoms with Crippen molar-refractivity contribution in [1.82, 2.24) is 10.6 Å². The molecule has 1 rings (SSSR count). The second-order valence-electron chi connectivity index (χ2n) is 5.89. The average Bonchev–Trinajstić information content (AvgIpc) is 2.56. The second-order valence-corrected chi connectivity index (χ2v) is 5.89. The number of carbonyl (C=O) groups is 3. The third kappa shape index (κ3) is 7.75. The Labute approximate surface area is 151 Å². The van der Waals surface area contributed by atoms with E-state index in [1.54, 1.807) is 6.07 Å². The molecule has 2 atom stereocenters. The van der Waals surface area contributed by atoms with Crippen LogP contribution in [-0.2, 0) is 20.8 Å². The Morgan fingerprint density at radius 1 is 1.23 bits per heavy atom. The minimum atomic E-state index is -1.19. The Balaban J connectivity index is 2.77. The molecule has 1 aromatic carbocycles. The van der Waals surface area contributed by atoms with E-state index >= 15 is 0 Å². The maximum absolute atomic E-state index is 13.3. The van der Waals surface area contributed by atoms with Gasteiger partial charge in [0.25, 0.3) is 0 Å². The molecule has 0 aromatic heterocycles. The number of benzene rings is 1. The van der Waals surface area contributed by atoms with Gasteiger partial charge in [-0.2, -0.15) is 5.26 Å². The Hall–Kier alpha value is -2.95. The topological polar surface area (TPSA) is 119 Å². The molecule has 0 saturated carbocycles. The zero-order valence-corrected chi connectivity index (χ0v) is 14.5. The summed E-state index contributed by atoms with van der Waals surface area (Å²) in [7, 11) is 0. The summed E-state index contributed by atoms with van der Waals surface area (Å²) in [5.74, 6) is -2.77. The van der Waals surface area contributed by atoms with Gasteiger partial charge in [-0.1, -0.05) is 12.1 Å². The molecule has 8 heteroatoms. The fraction of sp³-hybridized carbons (Fsp3) is 0.444. The fourth-order valence-corrected chi connectivity index (χ4v) is 2.44. The zero-order chi connectivity index (χ0) is 19.5. The van der Waals surface area contributed by atoms with Crippen molar-refractivity contribution < 1.29 is 23.9 Å². The van der Waals surface area contributed by atoms with E-state index in [-0.39, 0.29) is 12.8 Å². The maximum Gasteiger partial charge on any atom is 0.326 e. The van der Waals surface area contributed by atoms with Gasteiger partial charge in [-0.15, -0.1) is 0 Å². The lowest BCUT2D eigenvalue weighted by atomic mass is 10.0. The van der Waals surface area contributed by atoms with Crippen molar-refractivity contribution in [2.75, 3.05) is 0 Å². The third-order valence-electron chi connectivity index (χ3n) is 3.67. The smallest absolute Gasteiger partial charge is 0.326 e. The summed E-state index contributed by atoms with van der Waals surface area (Å²) in [4.78, 5) is 35.1. The summed E-state index contributed by atoms with van der Waals surface area (Å²) >= 11 is 0. The molecule has 0 bridgehead atoms. The minimum Gasteiger partial charge on any atom is -0.480 e. The number of hydrogen-bond acceptors (Lipinski definition) is 4. The van der Waals surface area contributed by atoms with Crippen LogP contribution in [0, 0.1) is 17.1 Å². The molecule has 0 unspecified atom stereocenters. The molecule has 7 nitrogen and oxygen atoms in total. The molecule has 0 radical (unpaired) electrons. The van der Waals surface area contributed by atoms with Crippen molar-refractivity contribution in [2.24, 2.45) is 0 Å². The maximum atomic E-state index is 13.3. The van der Waals surface area contributed by atoms with Crippen molar-refractivity contribution in [3.63, 3.8) is 0 Å². The number of carboxylic acid groups (broad SMARTS) is 1. The number of unbranched alkanes of at least 4 members (excludes halogenated alkanes) is 2. The van der Waals surface area contributed by atoms with E-state index in [0.717, 1.165) is 0 Å². The van der Waals surface area contributed by atoms with Crippen LogP contribution in [0.4, 0.5) is 4.39 Å². The van der Waals surface area contributed by atoms with Gasteiger partial charge in [-0.05, 0) is 37.0 Å². The van der Waals surface area contributed by atoms with Gasteiger partial charge in [-0.25, -0.2) is 9.18 Å². The van der Waals surface area contributed by atoms with E-state index in [1.807, 2.05) is 6.07 Å². The summed E-state index contributed by atoms with van der Waals surface area (Å²) in [5.41, 5.74) is 0.500. The average molecular weight is 363 g/mol. The standard InChI is InChI=1S/C18H22FN3O4/c1-12(23)21-16(11-13-6-5-7-14(19)10-13)17(24)22-15(18(25)26)8-3-2-4-9-20/h5-7,10,15-16H,2-4,8,11H2,1H3,(H,21,23)(H,22,24)(H,25,26)/t15-,16+/m0/s1. The van der Waals surface area contributed by atoms with Crippen LogP contribution < -0.4 is 10.6 Å². The predicted octanol–water partition coefficient (Wildman–Crippen LogP) is 1.53. The first-order valence-corrected chi connectivity index (χ1v) is 8.25. The molecule has 1 aromatic rings. The van der Waals surface area contributed by atoms with Crippen molar-refractivity contribution in [3.8, 4) is 6.07 Å². The highest BCUT2D eigenvalue weighted by Gasteiger charge is 2.26. The first kappa shape index (κ1) is 21.1. The molecular weight excluding hydrogens is 341 g/mol. The van der Waals surface area contributed by atoms with Crippen LogP contribution >= 0.6 is 0 Å². The summed E-state index contributed by atoms with van der Waals surface area (Å²) in [6, 6.07) is 5.44. The van der Waals surface area contributed by atoms with Crippen LogP contribution in [0.2, 0.25) is 0 Å². The largest absolute Gasteiger partial charge is 0.480 e.